The Morgan fingerprint density at radius 2 is 1.85 bits per heavy atom. The standard InChI is InChI=1S/C20H20N4O2/c25-19-17-8-7-15(13-18(17)21-14-22-19)20(26)24-10-4-9-23(11-12-24)16-5-2-1-3-6-16/h1-3,5-8,13-14H,4,9-12H2,(H,21,22,25). The molecule has 1 aliphatic heterocycles. The number of aromatic amines is 1. The number of nitrogens with zero attached hydrogens (tertiary/aromatic N) is 3. The number of nitrogens with one attached hydrogen (secondary N) is 1. The normalized spacial score (nSPS) is 15.1. The quantitative estimate of drug-likeness (QED) is 0.771. The van der Waals surface area contributed by atoms with Crippen molar-refractivity contribution >= 4 is 22.5 Å². The fraction of sp³-hybridized carbons (Fsp3) is 0.250. The van der Waals surface area contributed by atoms with Gasteiger partial charge in [0.2, 0.25) is 0 Å². The second kappa shape index (κ2) is 7.00. The number of fused-ring (bicyclic) bond motifs is 1. The number of anilines is 1. The SMILES string of the molecule is O=C(c1ccc2c(=O)[nH]cnc2c1)N1CCCN(c2ccccc2)CC1. The molecule has 26 heavy (non-hydrogen) atoms. The van der Waals surface area contributed by atoms with Crippen LogP contribution in [0.2, 0.25) is 0 Å². The minimum atomic E-state index is -0.192. The molecule has 2 aromatic carbocycles. The molecule has 1 N–H and O–H groups in total. The van der Waals surface area contributed by atoms with Crippen LogP contribution in [0.15, 0.2) is 59.7 Å². The van der Waals surface area contributed by atoms with Crippen LogP contribution in [0.1, 0.15) is 16.8 Å². The first kappa shape index (κ1) is 16.3. The molecule has 0 radical (unpaired) electrons. The van der Waals surface area contributed by atoms with Crippen molar-refractivity contribution in [2.45, 2.75) is 6.42 Å². The number of amides is 1. The van der Waals surface area contributed by atoms with E-state index < -0.39 is 0 Å². The second-order valence-electron chi connectivity index (χ2n) is 6.43. The van der Waals surface area contributed by atoms with Crippen molar-refractivity contribution in [1.82, 2.24) is 14.9 Å². The van der Waals surface area contributed by atoms with Crippen LogP contribution < -0.4 is 10.5 Å². The first-order valence-corrected chi connectivity index (χ1v) is 8.79. The Balaban J connectivity index is 1.52. The number of benzene rings is 2. The van der Waals surface area contributed by atoms with Crippen LogP contribution in [-0.4, -0.2) is 47.0 Å². The number of para-hydroxylation sites is 1. The maximum absolute atomic E-state index is 12.9. The van der Waals surface area contributed by atoms with Crippen LogP contribution in [0.25, 0.3) is 10.9 Å². The molecule has 0 bridgehead atoms. The smallest absolute Gasteiger partial charge is 0.258 e. The monoisotopic (exact) mass is 348 g/mol. The van der Waals surface area contributed by atoms with Gasteiger partial charge in [-0.1, -0.05) is 18.2 Å². The summed E-state index contributed by atoms with van der Waals surface area (Å²) in [5.41, 5.74) is 2.11. The van der Waals surface area contributed by atoms with E-state index in [1.54, 1.807) is 18.2 Å². The third-order valence-corrected chi connectivity index (χ3v) is 4.79. The van der Waals surface area contributed by atoms with Gasteiger partial charge in [-0.15, -0.1) is 0 Å². The maximum atomic E-state index is 12.9. The van der Waals surface area contributed by atoms with Crippen molar-refractivity contribution in [2.75, 3.05) is 31.1 Å². The van der Waals surface area contributed by atoms with Crippen molar-refractivity contribution in [3.05, 3.63) is 70.8 Å². The lowest BCUT2D eigenvalue weighted by Crippen LogP contribution is -2.35. The van der Waals surface area contributed by atoms with Crippen molar-refractivity contribution in [1.29, 1.82) is 0 Å². The highest BCUT2D eigenvalue weighted by Gasteiger charge is 2.21. The number of carbonyl (C=O) groups excluding carboxylic acids is 1. The van der Waals surface area contributed by atoms with E-state index in [2.05, 4.69) is 27.0 Å². The van der Waals surface area contributed by atoms with Gasteiger partial charge in [-0.25, -0.2) is 4.98 Å². The minimum absolute atomic E-state index is 0.0103. The third-order valence-electron chi connectivity index (χ3n) is 4.79. The molecule has 1 aromatic heterocycles. The van der Waals surface area contributed by atoms with Gasteiger partial charge < -0.3 is 14.8 Å². The number of H-pyrrole nitrogens is 1. The molecule has 0 unspecified atom stereocenters. The number of hydrogen-bond acceptors (Lipinski definition) is 4. The highest BCUT2D eigenvalue weighted by Crippen LogP contribution is 2.18. The number of hydrogen-bond donors (Lipinski definition) is 1. The highest BCUT2D eigenvalue weighted by atomic mass is 16.2. The first-order chi connectivity index (χ1) is 12.7. The van der Waals surface area contributed by atoms with E-state index in [4.69, 9.17) is 0 Å². The van der Waals surface area contributed by atoms with Crippen LogP contribution in [0, 0.1) is 0 Å². The molecule has 6 heteroatoms. The number of rotatable bonds is 2. The van der Waals surface area contributed by atoms with Crippen LogP contribution >= 0.6 is 0 Å². The summed E-state index contributed by atoms with van der Waals surface area (Å²) in [6.07, 6.45) is 2.29. The van der Waals surface area contributed by atoms with E-state index in [9.17, 15) is 9.59 Å². The van der Waals surface area contributed by atoms with Gasteiger partial charge in [-0.3, -0.25) is 9.59 Å². The van der Waals surface area contributed by atoms with Crippen molar-refractivity contribution in [2.24, 2.45) is 0 Å². The van der Waals surface area contributed by atoms with Gasteiger partial charge in [0.05, 0.1) is 17.2 Å². The van der Waals surface area contributed by atoms with Crippen molar-refractivity contribution in [3.63, 3.8) is 0 Å². The van der Waals surface area contributed by atoms with E-state index in [-0.39, 0.29) is 11.5 Å². The van der Waals surface area contributed by atoms with Gasteiger partial charge in [0, 0.05) is 37.4 Å². The van der Waals surface area contributed by atoms with Crippen LogP contribution in [-0.2, 0) is 0 Å². The zero-order valence-electron chi connectivity index (χ0n) is 14.4. The van der Waals surface area contributed by atoms with Gasteiger partial charge in [-0.2, -0.15) is 0 Å². The summed E-state index contributed by atoms with van der Waals surface area (Å²) < 4.78 is 0. The maximum Gasteiger partial charge on any atom is 0.258 e. The molecular formula is C20H20N4O2. The van der Waals surface area contributed by atoms with Gasteiger partial charge in [0.1, 0.15) is 0 Å². The zero-order chi connectivity index (χ0) is 17.9. The Morgan fingerprint density at radius 3 is 2.69 bits per heavy atom. The molecule has 0 spiro atoms. The lowest BCUT2D eigenvalue weighted by molar-refractivity contribution is 0.0767. The molecule has 4 rings (SSSR count). The van der Waals surface area contributed by atoms with Gasteiger partial charge in [-0.05, 0) is 36.8 Å². The Kier molecular flexibility index (Phi) is 4.39. The third kappa shape index (κ3) is 3.18. The predicted octanol–water partition coefficient (Wildman–Crippen LogP) is 2.28. The Bertz CT molecular complexity index is 984. The molecule has 132 valence electrons. The van der Waals surface area contributed by atoms with Crippen molar-refractivity contribution in [3.8, 4) is 0 Å². The minimum Gasteiger partial charge on any atom is -0.370 e. The number of carbonyl (C=O) groups is 1. The van der Waals surface area contributed by atoms with E-state index in [0.29, 0.717) is 23.0 Å². The highest BCUT2D eigenvalue weighted by molar-refractivity contribution is 5.97. The molecular weight excluding hydrogens is 328 g/mol. The summed E-state index contributed by atoms with van der Waals surface area (Å²) >= 11 is 0. The summed E-state index contributed by atoms with van der Waals surface area (Å²) in [6, 6.07) is 15.4. The van der Waals surface area contributed by atoms with Gasteiger partial charge in [0.15, 0.2) is 0 Å². The van der Waals surface area contributed by atoms with Gasteiger partial charge in [0.25, 0.3) is 11.5 Å². The molecule has 3 aromatic rings. The average Bonchev–Trinajstić information content (AvgIpc) is 2.94. The predicted molar refractivity (Wildman–Crippen MR) is 102 cm³/mol. The van der Waals surface area contributed by atoms with Crippen LogP contribution in [0.5, 0.6) is 0 Å². The molecule has 1 aliphatic rings. The molecule has 1 fully saturated rings. The summed E-state index contributed by atoms with van der Waals surface area (Å²) in [5.74, 6) is -0.0103. The van der Waals surface area contributed by atoms with E-state index in [0.717, 1.165) is 26.1 Å². The zero-order valence-corrected chi connectivity index (χ0v) is 14.4. The molecule has 1 saturated heterocycles. The van der Waals surface area contributed by atoms with Crippen LogP contribution in [0.3, 0.4) is 0 Å². The molecule has 2 heterocycles. The van der Waals surface area contributed by atoms with E-state index in [1.165, 1.54) is 12.0 Å². The largest absolute Gasteiger partial charge is 0.370 e. The average molecular weight is 348 g/mol. The summed E-state index contributed by atoms with van der Waals surface area (Å²) in [4.78, 5) is 35.6. The summed E-state index contributed by atoms with van der Waals surface area (Å²) in [6.45, 7) is 3.14. The molecule has 0 atom stereocenters. The lowest BCUT2D eigenvalue weighted by atomic mass is 10.1. The first-order valence-electron chi connectivity index (χ1n) is 8.79. The fourth-order valence-corrected chi connectivity index (χ4v) is 3.40. The Labute approximate surface area is 151 Å². The molecule has 6 nitrogen and oxygen atoms in total. The Morgan fingerprint density at radius 1 is 1.00 bits per heavy atom. The summed E-state index contributed by atoms with van der Waals surface area (Å²) in [5, 5.41) is 0.496. The Hall–Kier alpha value is -3.15. The van der Waals surface area contributed by atoms with Crippen molar-refractivity contribution < 1.29 is 4.79 Å². The van der Waals surface area contributed by atoms with Crippen LogP contribution in [0.4, 0.5) is 5.69 Å². The van der Waals surface area contributed by atoms with E-state index >= 15 is 0 Å². The molecule has 0 aliphatic carbocycles. The topological polar surface area (TPSA) is 69.3 Å². The number of aromatic nitrogens is 2. The lowest BCUT2D eigenvalue weighted by Gasteiger charge is -2.23. The van der Waals surface area contributed by atoms with Gasteiger partial charge >= 0.3 is 0 Å². The second-order valence-corrected chi connectivity index (χ2v) is 6.43. The summed E-state index contributed by atoms with van der Waals surface area (Å²) in [7, 11) is 0. The van der Waals surface area contributed by atoms with E-state index in [1.807, 2.05) is 23.1 Å². The molecule has 1 amide bonds. The molecule has 0 saturated carbocycles. The fourth-order valence-electron chi connectivity index (χ4n) is 3.40.